The highest BCUT2D eigenvalue weighted by Crippen LogP contribution is 2.39. The summed E-state index contributed by atoms with van der Waals surface area (Å²) < 4.78 is 0.605. The molecule has 15 heavy (non-hydrogen) atoms. The quantitative estimate of drug-likeness (QED) is 0.483. The van der Waals surface area contributed by atoms with Gasteiger partial charge in [-0.15, -0.1) is 0 Å². The van der Waals surface area contributed by atoms with Gasteiger partial charge in [0.25, 0.3) is 0 Å². The number of hydrazine groups is 1. The van der Waals surface area contributed by atoms with E-state index < -0.39 is 0 Å². The average Bonchev–Trinajstić information content (AvgIpc) is 2.33. The molecule has 0 saturated carbocycles. The molecular formula is C9H15N3OS2. The number of rotatable bonds is 0. The van der Waals surface area contributed by atoms with Crippen LogP contribution in [0.15, 0.2) is 11.4 Å². The van der Waals surface area contributed by atoms with Gasteiger partial charge in [0, 0.05) is 6.92 Å². The van der Waals surface area contributed by atoms with Crippen molar-refractivity contribution < 1.29 is 5.06 Å². The van der Waals surface area contributed by atoms with Gasteiger partial charge >= 0.3 is 0 Å². The molecule has 2 atom stereocenters. The summed E-state index contributed by atoms with van der Waals surface area (Å²) in [7, 11) is 0. The van der Waals surface area contributed by atoms with Gasteiger partial charge in [-0.2, -0.15) is 0 Å². The summed E-state index contributed by atoms with van der Waals surface area (Å²) in [6, 6.07) is 0. The van der Waals surface area contributed by atoms with E-state index in [-0.39, 0.29) is 16.0 Å². The lowest BCUT2D eigenvalue weighted by Gasteiger charge is -2.44. The van der Waals surface area contributed by atoms with E-state index in [0.717, 1.165) is 15.7 Å². The summed E-state index contributed by atoms with van der Waals surface area (Å²) in [6.45, 7) is 7.89. The number of fused-ring (bicyclic) bond motifs is 1. The largest absolute Gasteiger partial charge is 0.627 e. The van der Waals surface area contributed by atoms with Gasteiger partial charge in [0.15, 0.2) is 4.32 Å². The number of hydrogen-bond donors (Lipinski definition) is 2. The summed E-state index contributed by atoms with van der Waals surface area (Å²) in [5.41, 5.74) is 4.91. The van der Waals surface area contributed by atoms with Crippen LogP contribution in [0.5, 0.6) is 0 Å². The molecule has 2 aliphatic rings. The van der Waals surface area contributed by atoms with Crippen molar-refractivity contribution in [2.24, 2.45) is 0 Å². The Labute approximate surface area is 99.2 Å². The number of nitrogens with one attached hydrogen (secondary N) is 2. The smallest absolute Gasteiger partial charge is 0.201 e. The lowest BCUT2D eigenvalue weighted by atomic mass is 10.1. The van der Waals surface area contributed by atoms with Crippen molar-refractivity contribution in [3.8, 4) is 0 Å². The summed E-state index contributed by atoms with van der Waals surface area (Å²) in [4.78, 5) is 0. The highest BCUT2D eigenvalue weighted by molar-refractivity contribution is 8.24. The van der Waals surface area contributed by atoms with Gasteiger partial charge in [-0.05, 0) is 20.8 Å². The normalized spacial score (nSPS) is 34.2. The third-order valence-electron chi connectivity index (χ3n) is 2.93. The first-order valence-electron chi connectivity index (χ1n) is 4.85. The maximum atomic E-state index is 12.2. The maximum absolute atomic E-state index is 12.2. The van der Waals surface area contributed by atoms with E-state index in [0.29, 0.717) is 0 Å². The highest BCUT2D eigenvalue weighted by Gasteiger charge is 2.51. The van der Waals surface area contributed by atoms with E-state index in [4.69, 9.17) is 12.2 Å². The lowest BCUT2D eigenvalue weighted by Crippen LogP contribution is -3.14. The Morgan fingerprint density at radius 2 is 2.13 bits per heavy atom. The first kappa shape index (κ1) is 11.2. The first-order valence-corrected chi connectivity index (χ1v) is 6.07. The van der Waals surface area contributed by atoms with E-state index in [1.54, 1.807) is 11.8 Å². The second kappa shape index (κ2) is 3.35. The van der Waals surface area contributed by atoms with Crippen molar-refractivity contribution in [2.45, 2.75) is 38.6 Å². The molecule has 2 rings (SSSR count). The number of nitrogens with zero attached hydrogens (tertiary/aromatic N) is 1. The van der Waals surface area contributed by atoms with Crippen molar-refractivity contribution in [1.82, 2.24) is 10.4 Å². The van der Waals surface area contributed by atoms with Crippen LogP contribution >= 0.6 is 24.0 Å². The number of quaternary nitrogens is 1. The van der Waals surface area contributed by atoms with Crippen molar-refractivity contribution >= 4 is 28.3 Å². The van der Waals surface area contributed by atoms with Crippen LogP contribution in [0.3, 0.4) is 0 Å². The molecule has 0 amide bonds. The third-order valence-corrected chi connectivity index (χ3v) is 4.50. The molecule has 1 fully saturated rings. The van der Waals surface area contributed by atoms with Crippen molar-refractivity contribution in [1.29, 1.82) is 0 Å². The minimum Gasteiger partial charge on any atom is -0.627 e. The van der Waals surface area contributed by atoms with E-state index in [1.807, 2.05) is 18.9 Å². The Balaban J connectivity index is 2.42. The molecule has 0 aliphatic carbocycles. The van der Waals surface area contributed by atoms with Gasteiger partial charge in [0.05, 0.1) is 10.4 Å². The SMILES string of the molecule is CC1=C(C)[NH+]([O-])C2N(N1)C(=S)SC2(C)C. The molecule has 2 aliphatic heterocycles. The standard InChI is InChI=1S/C9H15N3OS2/c1-5-6(2)12(13)7-9(3,4)15-8(14)11(7)10-5/h7,10,12H,1-4H3. The zero-order valence-corrected chi connectivity index (χ0v) is 10.9. The minimum atomic E-state index is -0.168. The van der Waals surface area contributed by atoms with Gasteiger partial charge < -0.3 is 10.3 Å². The van der Waals surface area contributed by atoms with E-state index >= 15 is 0 Å². The number of allylic oxidation sites excluding steroid dienone is 2. The molecule has 2 unspecified atom stereocenters. The second-order valence-electron chi connectivity index (χ2n) is 4.47. The fourth-order valence-corrected chi connectivity index (χ4v) is 3.76. The molecule has 84 valence electrons. The summed E-state index contributed by atoms with van der Waals surface area (Å²) in [6.07, 6.45) is -0.168. The lowest BCUT2D eigenvalue weighted by molar-refractivity contribution is -0.855. The Bertz CT molecular complexity index is 353. The molecule has 2 heterocycles. The van der Waals surface area contributed by atoms with E-state index in [2.05, 4.69) is 19.3 Å². The molecule has 0 radical (unpaired) electrons. The van der Waals surface area contributed by atoms with Crippen molar-refractivity contribution in [3.63, 3.8) is 0 Å². The van der Waals surface area contributed by atoms with Crippen LogP contribution in [0, 0.1) is 5.21 Å². The van der Waals surface area contributed by atoms with Gasteiger partial charge in [-0.25, -0.2) is 5.01 Å². The Hall–Kier alpha value is -0.300. The summed E-state index contributed by atoms with van der Waals surface area (Å²) in [5.74, 6) is 0. The van der Waals surface area contributed by atoms with Crippen LogP contribution in [0.25, 0.3) is 0 Å². The molecule has 2 N–H and O–H groups in total. The average molecular weight is 245 g/mol. The molecule has 0 spiro atoms. The number of thioether (sulfide) groups is 1. The Morgan fingerprint density at radius 1 is 1.53 bits per heavy atom. The first-order chi connectivity index (χ1) is 6.84. The topological polar surface area (TPSA) is 42.8 Å². The van der Waals surface area contributed by atoms with E-state index in [1.165, 1.54) is 0 Å². The van der Waals surface area contributed by atoms with Crippen LogP contribution in [-0.2, 0) is 0 Å². The van der Waals surface area contributed by atoms with Gasteiger partial charge in [-0.1, -0.05) is 24.0 Å². The van der Waals surface area contributed by atoms with Crippen LogP contribution in [0.1, 0.15) is 27.7 Å². The number of hydroxylamine groups is 2. The van der Waals surface area contributed by atoms with Gasteiger partial charge in [-0.3, -0.25) is 5.43 Å². The molecule has 6 heteroatoms. The summed E-state index contributed by atoms with van der Waals surface area (Å²) in [5, 5.41) is 14.2. The number of thiocarbonyl (C=S) groups is 1. The molecule has 0 aromatic carbocycles. The highest BCUT2D eigenvalue weighted by atomic mass is 32.2. The predicted molar refractivity (Wildman–Crippen MR) is 65.7 cm³/mol. The fourth-order valence-electron chi connectivity index (χ4n) is 1.94. The summed E-state index contributed by atoms with van der Waals surface area (Å²) >= 11 is 6.85. The zero-order valence-electron chi connectivity index (χ0n) is 9.25. The van der Waals surface area contributed by atoms with Crippen molar-refractivity contribution in [2.75, 3.05) is 0 Å². The zero-order chi connectivity index (χ0) is 11.4. The Morgan fingerprint density at radius 3 is 2.73 bits per heavy atom. The van der Waals surface area contributed by atoms with Crippen LogP contribution < -0.4 is 10.5 Å². The fraction of sp³-hybridized carbons (Fsp3) is 0.667. The van der Waals surface area contributed by atoms with E-state index in [9.17, 15) is 5.21 Å². The molecule has 1 saturated heterocycles. The molecule has 0 aromatic heterocycles. The number of hydrogen-bond acceptors (Lipinski definition) is 4. The maximum Gasteiger partial charge on any atom is 0.201 e. The van der Waals surface area contributed by atoms with Crippen LogP contribution in [0.2, 0.25) is 0 Å². The van der Waals surface area contributed by atoms with Crippen LogP contribution in [0.4, 0.5) is 0 Å². The Kier molecular flexibility index (Phi) is 2.50. The minimum absolute atomic E-state index is 0.150. The molecule has 4 nitrogen and oxygen atoms in total. The third kappa shape index (κ3) is 1.56. The van der Waals surface area contributed by atoms with Gasteiger partial charge in [0.1, 0.15) is 5.70 Å². The van der Waals surface area contributed by atoms with Gasteiger partial charge in [0.2, 0.25) is 6.17 Å². The van der Waals surface area contributed by atoms with Crippen LogP contribution in [-0.4, -0.2) is 20.2 Å². The predicted octanol–water partition coefficient (Wildman–Crippen LogP) is 0.577. The molecule has 0 bridgehead atoms. The monoisotopic (exact) mass is 245 g/mol. The second-order valence-corrected chi connectivity index (χ2v) is 6.76. The molecule has 0 aromatic rings. The molecular weight excluding hydrogens is 230 g/mol. The van der Waals surface area contributed by atoms with Crippen molar-refractivity contribution in [3.05, 3.63) is 16.6 Å².